The first-order valence-corrected chi connectivity index (χ1v) is 6.30. The number of rotatable bonds is 8. The van der Waals surface area contributed by atoms with Crippen molar-refractivity contribution in [3.8, 4) is 11.5 Å². The van der Waals surface area contributed by atoms with Gasteiger partial charge in [-0.1, -0.05) is 18.2 Å². The van der Waals surface area contributed by atoms with Gasteiger partial charge in [-0.25, -0.2) is 0 Å². The first kappa shape index (κ1) is 15.3. The summed E-state index contributed by atoms with van der Waals surface area (Å²) in [5.41, 5.74) is 7.17. The number of ether oxygens (including phenoxy) is 2. The van der Waals surface area contributed by atoms with Crippen molar-refractivity contribution in [3.63, 3.8) is 0 Å². The molecule has 0 aliphatic rings. The van der Waals surface area contributed by atoms with Crippen molar-refractivity contribution in [2.45, 2.75) is 24.8 Å². The van der Waals surface area contributed by atoms with Crippen LogP contribution in [0.15, 0.2) is 43.5 Å². The zero-order valence-corrected chi connectivity index (χ0v) is 11.8. The van der Waals surface area contributed by atoms with E-state index < -0.39 is 0 Å². The van der Waals surface area contributed by atoms with Crippen molar-refractivity contribution in [3.05, 3.63) is 49.1 Å². The number of nitrogens with two attached hydrogens (primary N) is 1. The lowest BCUT2D eigenvalue weighted by Gasteiger charge is -2.27. The van der Waals surface area contributed by atoms with Crippen LogP contribution in [0.3, 0.4) is 0 Å². The van der Waals surface area contributed by atoms with Crippen LogP contribution in [0, 0.1) is 0 Å². The first-order chi connectivity index (χ1) is 9.08. The summed E-state index contributed by atoms with van der Waals surface area (Å²) in [6, 6.07) is 5.87. The molecular weight excluding hydrogens is 238 g/mol. The third-order valence-electron chi connectivity index (χ3n) is 3.11. The average molecular weight is 261 g/mol. The maximum Gasteiger partial charge on any atom is 0.160 e. The molecule has 3 nitrogen and oxygen atoms in total. The van der Waals surface area contributed by atoms with E-state index in [1.54, 1.807) is 14.2 Å². The van der Waals surface area contributed by atoms with Crippen molar-refractivity contribution in [1.82, 2.24) is 0 Å². The van der Waals surface area contributed by atoms with Crippen LogP contribution >= 0.6 is 0 Å². The molecule has 1 aromatic rings. The molecule has 0 saturated carbocycles. The fourth-order valence-electron chi connectivity index (χ4n) is 2.20. The molecule has 1 rings (SSSR count). The summed E-state index contributed by atoms with van der Waals surface area (Å²) in [5.74, 6) is 1.45. The molecule has 0 unspecified atom stereocenters. The highest BCUT2D eigenvalue weighted by Gasteiger charge is 2.22. The van der Waals surface area contributed by atoms with E-state index in [2.05, 4.69) is 13.2 Å². The summed E-state index contributed by atoms with van der Waals surface area (Å²) in [5, 5.41) is 0. The second kappa shape index (κ2) is 7.00. The predicted molar refractivity (Wildman–Crippen MR) is 79.8 cm³/mol. The van der Waals surface area contributed by atoms with E-state index in [1.165, 1.54) is 0 Å². The van der Waals surface area contributed by atoms with E-state index in [1.807, 2.05) is 30.4 Å². The van der Waals surface area contributed by atoms with Gasteiger partial charge in [-0.05, 0) is 37.0 Å². The summed E-state index contributed by atoms with van der Waals surface area (Å²) < 4.78 is 10.5. The maximum absolute atomic E-state index is 6.40. The van der Waals surface area contributed by atoms with Gasteiger partial charge in [-0.3, -0.25) is 0 Å². The van der Waals surface area contributed by atoms with Gasteiger partial charge >= 0.3 is 0 Å². The topological polar surface area (TPSA) is 44.5 Å². The van der Waals surface area contributed by atoms with Crippen LogP contribution in [-0.4, -0.2) is 19.8 Å². The molecule has 0 fully saturated rings. The Morgan fingerprint density at radius 1 is 1.11 bits per heavy atom. The molecule has 0 amide bonds. The molecule has 0 radical (unpaired) electrons. The Morgan fingerprint density at radius 2 is 1.68 bits per heavy atom. The van der Waals surface area contributed by atoms with E-state index in [0.29, 0.717) is 0 Å². The molecule has 0 atom stereocenters. The highest BCUT2D eigenvalue weighted by molar-refractivity contribution is 5.43. The van der Waals surface area contributed by atoms with Gasteiger partial charge in [0.2, 0.25) is 0 Å². The molecule has 3 heteroatoms. The van der Waals surface area contributed by atoms with Gasteiger partial charge < -0.3 is 15.2 Å². The molecule has 0 aromatic heterocycles. The normalized spacial score (nSPS) is 10.9. The van der Waals surface area contributed by atoms with Crippen LogP contribution in [0.25, 0.3) is 0 Å². The Morgan fingerprint density at radius 3 is 2.16 bits per heavy atom. The van der Waals surface area contributed by atoms with E-state index in [9.17, 15) is 0 Å². The van der Waals surface area contributed by atoms with Crippen molar-refractivity contribution in [1.29, 1.82) is 0 Å². The lowest BCUT2D eigenvalue weighted by atomic mass is 9.85. The quantitative estimate of drug-likeness (QED) is 0.731. The number of methoxy groups -OCH3 is 2. The molecule has 0 aliphatic heterocycles. The van der Waals surface area contributed by atoms with Crippen LogP contribution < -0.4 is 15.2 Å². The van der Waals surface area contributed by atoms with E-state index in [-0.39, 0.29) is 5.54 Å². The van der Waals surface area contributed by atoms with Crippen LogP contribution in [0.4, 0.5) is 0 Å². The second-order valence-corrected chi connectivity index (χ2v) is 4.71. The summed E-state index contributed by atoms with van der Waals surface area (Å²) in [4.78, 5) is 0. The van der Waals surface area contributed by atoms with Gasteiger partial charge in [0.1, 0.15) is 0 Å². The fraction of sp³-hybridized carbons (Fsp3) is 0.375. The van der Waals surface area contributed by atoms with Gasteiger partial charge in [0.05, 0.1) is 14.2 Å². The second-order valence-electron chi connectivity index (χ2n) is 4.71. The molecule has 104 valence electrons. The molecule has 0 aliphatic carbocycles. The Hall–Kier alpha value is -1.74. The Balaban J connectivity index is 2.96. The van der Waals surface area contributed by atoms with Crippen molar-refractivity contribution < 1.29 is 9.47 Å². The molecule has 0 saturated heterocycles. The Bertz CT molecular complexity index is 430. The van der Waals surface area contributed by atoms with Gasteiger partial charge in [0.25, 0.3) is 0 Å². The van der Waals surface area contributed by atoms with Crippen LogP contribution in [0.1, 0.15) is 18.4 Å². The van der Waals surface area contributed by atoms with Crippen molar-refractivity contribution in [2.24, 2.45) is 5.73 Å². The first-order valence-electron chi connectivity index (χ1n) is 6.30. The SMILES string of the molecule is C=CCC(N)(CC=C)Cc1ccc(OC)c(OC)c1. The summed E-state index contributed by atoms with van der Waals surface area (Å²) in [6.07, 6.45) is 5.93. The maximum atomic E-state index is 6.40. The number of hydrogen-bond donors (Lipinski definition) is 1. The third-order valence-corrected chi connectivity index (χ3v) is 3.11. The molecule has 1 aromatic carbocycles. The van der Waals surface area contributed by atoms with Gasteiger partial charge in [0.15, 0.2) is 11.5 Å². The predicted octanol–water partition coefficient (Wildman–Crippen LogP) is 3.10. The highest BCUT2D eigenvalue weighted by atomic mass is 16.5. The highest BCUT2D eigenvalue weighted by Crippen LogP contribution is 2.30. The average Bonchev–Trinajstić information content (AvgIpc) is 2.38. The standard InChI is InChI=1S/C16H23NO2/c1-5-9-16(17,10-6-2)12-13-7-8-14(18-3)15(11-13)19-4/h5-8,11H,1-2,9-10,12,17H2,3-4H3. The van der Waals surface area contributed by atoms with Gasteiger partial charge in [-0.15, -0.1) is 13.2 Å². The summed E-state index contributed by atoms with van der Waals surface area (Å²) in [6.45, 7) is 7.54. The van der Waals surface area contributed by atoms with Gasteiger partial charge in [-0.2, -0.15) is 0 Å². The summed E-state index contributed by atoms with van der Waals surface area (Å²) >= 11 is 0. The minimum Gasteiger partial charge on any atom is -0.493 e. The molecule has 0 spiro atoms. The zero-order chi connectivity index (χ0) is 14.3. The smallest absolute Gasteiger partial charge is 0.160 e. The van der Waals surface area contributed by atoms with Crippen LogP contribution in [0.2, 0.25) is 0 Å². The summed E-state index contributed by atoms with van der Waals surface area (Å²) in [7, 11) is 3.25. The van der Waals surface area contributed by atoms with Crippen molar-refractivity contribution in [2.75, 3.05) is 14.2 Å². The number of benzene rings is 1. The largest absolute Gasteiger partial charge is 0.493 e. The number of hydrogen-bond acceptors (Lipinski definition) is 3. The minimum absolute atomic E-state index is 0.344. The Labute approximate surface area is 115 Å². The Kier molecular flexibility index (Phi) is 5.64. The monoisotopic (exact) mass is 261 g/mol. The fourth-order valence-corrected chi connectivity index (χ4v) is 2.20. The minimum atomic E-state index is -0.344. The third kappa shape index (κ3) is 4.14. The molecular formula is C16H23NO2. The lowest BCUT2D eigenvalue weighted by Crippen LogP contribution is -2.41. The van der Waals surface area contributed by atoms with Crippen LogP contribution in [-0.2, 0) is 6.42 Å². The molecule has 2 N–H and O–H groups in total. The van der Waals surface area contributed by atoms with Crippen LogP contribution in [0.5, 0.6) is 11.5 Å². The van der Waals surface area contributed by atoms with E-state index in [0.717, 1.165) is 36.3 Å². The zero-order valence-electron chi connectivity index (χ0n) is 11.8. The lowest BCUT2D eigenvalue weighted by molar-refractivity contribution is 0.353. The van der Waals surface area contributed by atoms with E-state index in [4.69, 9.17) is 15.2 Å². The van der Waals surface area contributed by atoms with Crippen molar-refractivity contribution >= 4 is 0 Å². The molecule has 0 heterocycles. The van der Waals surface area contributed by atoms with Gasteiger partial charge in [0, 0.05) is 5.54 Å². The molecule has 19 heavy (non-hydrogen) atoms. The molecule has 0 bridgehead atoms. The van der Waals surface area contributed by atoms with E-state index >= 15 is 0 Å².